The maximum atomic E-state index is 13.4. The van der Waals surface area contributed by atoms with Gasteiger partial charge in [0.1, 0.15) is 11.4 Å². The lowest BCUT2D eigenvalue weighted by Crippen LogP contribution is -2.56. The first-order valence-corrected chi connectivity index (χ1v) is 26.1. The average Bonchev–Trinajstić information content (AvgIpc) is 3.44. The van der Waals surface area contributed by atoms with E-state index in [-0.39, 0.29) is 28.7 Å². The Morgan fingerprint density at radius 2 is 1.57 bits per heavy atom. The van der Waals surface area contributed by atoms with Crippen LogP contribution in [0.15, 0.2) is 116 Å². The Labute approximate surface area is 398 Å². The zero-order valence-electron chi connectivity index (χ0n) is 40.8. The van der Waals surface area contributed by atoms with Crippen molar-refractivity contribution in [2.75, 3.05) is 24.5 Å². The minimum atomic E-state index is -4.51. The van der Waals surface area contributed by atoms with Crippen LogP contribution in [0.5, 0.6) is 0 Å². The fourth-order valence-corrected chi connectivity index (χ4v) is 11.5. The van der Waals surface area contributed by atoms with Crippen LogP contribution in [0.4, 0.5) is 5.69 Å². The van der Waals surface area contributed by atoms with E-state index in [0.717, 1.165) is 61.5 Å². The van der Waals surface area contributed by atoms with Gasteiger partial charge in [0.15, 0.2) is 6.54 Å². The van der Waals surface area contributed by atoms with Crippen molar-refractivity contribution in [3.05, 3.63) is 128 Å². The zero-order valence-corrected chi connectivity index (χ0v) is 42.5. The molecular weight excluding hydrogens is 893 g/mol. The SMILES string of the molecule is C\C=C(/C=C/C=C/C=C1/N(CCCCCC(=O)O)c2ccc(S(=O)(=O)O)cc2C1(C)C)C(C)(C)c1cc(S(=O)(=O)O)ccc1CCCC[N+](=O)CC1(C)CCC2C(C)=C(O)C(C)=C(C)C2(C)O1. The van der Waals surface area contributed by atoms with Gasteiger partial charge < -0.3 is 19.8 Å². The number of hydrogen-bond acceptors (Lipinski definition) is 9. The number of nitrogens with zero attached hydrogens (tertiary/aromatic N) is 2. The third-order valence-electron chi connectivity index (χ3n) is 14.5. The number of carboxylic acids is 1. The van der Waals surface area contributed by atoms with Gasteiger partial charge in [0.25, 0.3) is 20.2 Å². The van der Waals surface area contributed by atoms with Crippen LogP contribution >= 0.6 is 0 Å². The van der Waals surface area contributed by atoms with Crippen molar-refractivity contribution in [3.8, 4) is 0 Å². The Balaban J connectivity index is 1.30. The number of unbranched alkanes of at least 4 members (excludes halogenated alkanes) is 3. The molecule has 2 aliphatic heterocycles. The van der Waals surface area contributed by atoms with E-state index in [1.165, 1.54) is 24.3 Å². The van der Waals surface area contributed by atoms with E-state index in [1.807, 2.05) is 98.8 Å². The Bertz CT molecular complexity index is 2670. The van der Waals surface area contributed by atoms with Gasteiger partial charge in [-0.1, -0.05) is 70.6 Å². The van der Waals surface area contributed by atoms with Crippen molar-refractivity contribution in [1.82, 2.24) is 0 Å². The van der Waals surface area contributed by atoms with Gasteiger partial charge in [0.05, 0.1) is 15.4 Å². The molecule has 0 saturated carbocycles. The van der Waals surface area contributed by atoms with Crippen molar-refractivity contribution in [3.63, 3.8) is 0 Å². The number of aryl methyl sites for hydroxylation is 1. The van der Waals surface area contributed by atoms with E-state index in [2.05, 4.69) is 11.8 Å². The number of hydrogen-bond donors (Lipinski definition) is 4. The number of aliphatic carboxylic acids is 1. The minimum absolute atomic E-state index is 0.0409. The van der Waals surface area contributed by atoms with E-state index in [0.29, 0.717) is 63.8 Å². The predicted molar refractivity (Wildman–Crippen MR) is 263 cm³/mol. The zero-order chi connectivity index (χ0) is 49.9. The number of benzene rings is 2. The van der Waals surface area contributed by atoms with Crippen LogP contribution in [-0.4, -0.2) is 77.7 Å². The second kappa shape index (κ2) is 20.5. The van der Waals surface area contributed by atoms with E-state index in [1.54, 1.807) is 12.1 Å². The van der Waals surface area contributed by atoms with Gasteiger partial charge in [-0.2, -0.15) is 16.8 Å². The van der Waals surface area contributed by atoms with Gasteiger partial charge in [0.2, 0.25) is 6.54 Å². The standard InChI is InChI=1S/C52H70N2O11S2/c1-11-39(21-14-12-15-22-46-50(7,8)44-33-41(67(62,63)64)26-27-45(44)54(46)31-18-13-16-23-47(55)56)49(5,6)43-32-40(66(59,60)61)25-24-38(43)20-17-19-30-53(58)34-51(9)29-28-42-36(3)48(57)35(2)37(4)52(42,10)65-51/h11-12,14-15,21-22,24-27,32-33,42H,13,16-20,23,28-31,34H2,1-10H3,(H3-,55,56,57,59,60,61,62,63,64)/p+1/b15-12+,21-14+,39-11+,46-22+. The molecule has 1 saturated heterocycles. The van der Waals surface area contributed by atoms with Crippen molar-refractivity contribution in [1.29, 1.82) is 0 Å². The molecule has 1 aliphatic carbocycles. The lowest BCUT2D eigenvalue weighted by Gasteiger charge is -2.51. The van der Waals surface area contributed by atoms with Gasteiger partial charge in [0, 0.05) is 57.2 Å². The molecule has 0 bridgehead atoms. The van der Waals surface area contributed by atoms with Crippen LogP contribution in [0.2, 0.25) is 0 Å². The number of nitroso groups, excluding NO2 is 1. The van der Waals surface area contributed by atoms with Crippen LogP contribution in [-0.2, 0) is 47.0 Å². The molecule has 4 N–H and O–H groups in total. The molecule has 2 heterocycles. The van der Waals surface area contributed by atoms with Crippen molar-refractivity contribution in [2.24, 2.45) is 5.92 Å². The van der Waals surface area contributed by atoms with Gasteiger partial charge in [-0.25, -0.2) is 0 Å². The number of aliphatic hydroxyl groups is 1. The summed E-state index contributed by atoms with van der Waals surface area (Å²) in [6.45, 7) is 20.9. The summed E-state index contributed by atoms with van der Waals surface area (Å²) >= 11 is 0. The molecule has 0 spiro atoms. The van der Waals surface area contributed by atoms with Crippen molar-refractivity contribution in [2.45, 2.75) is 159 Å². The summed E-state index contributed by atoms with van der Waals surface area (Å²) in [5.41, 5.74) is 5.05. The molecule has 0 radical (unpaired) electrons. The first-order valence-electron chi connectivity index (χ1n) is 23.2. The van der Waals surface area contributed by atoms with E-state index >= 15 is 0 Å². The van der Waals surface area contributed by atoms with Gasteiger partial charge in [-0.15, -0.1) is 0 Å². The molecule has 366 valence electrons. The molecule has 1 fully saturated rings. The summed E-state index contributed by atoms with van der Waals surface area (Å²) in [6.07, 6.45) is 16.8. The number of rotatable bonds is 20. The topological polar surface area (TPSA) is 199 Å². The Morgan fingerprint density at radius 1 is 0.910 bits per heavy atom. The molecule has 0 amide bonds. The fraction of sp³-hybridized carbons (Fsp3) is 0.519. The molecule has 2 aromatic carbocycles. The second-order valence-corrected chi connectivity index (χ2v) is 22.8. The second-order valence-electron chi connectivity index (χ2n) is 19.9. The molecular formula is C52H71N2O11S2+. The fourth-order valence-electron chi connectivity index (χ4n) is 10.5. The highest BCUT2D eigenvalue weighted by molar-refractivity contribution is 7.86. The van der Waals surface area contributed by atoms with Gasteiger partial charge >= 0.3 is 5.97 Å². The molecule has 67 heavy (non-hydrogen) atoms. The monoisotopic (exact) mass is 963 g/mol. The summed E-state index contributed by atoms with van der Waals surface area (Å²) in [7, 11) is -8.94. The number of anilines is 1. The molecule has 3 atom stereocenters. The highest BCUT2D eigenvalue weighted by Crippen LogP contribution is 2.52. The van der Waals surface area contributed by atoms with Crippen molar-refractivity contribution < 1.29 is 50.4 Å². The van der Waals surface area contributed by atoms with Crippen LogP contribution in [0.1, 0.15) is 137 Å². The van der Waals surface area contributed by atoms with Crippen LogP contribution < -0.4 is 4.90 Å². The molecule has 3 unspecified atom stereocenters. The Kier molecular flexibility index (Phi) is 16.3. The maximum absolute atomic E-state index is 13.4. The number of carboxylic acid groups (broad SMARTS) is 1. The van der Waals surface area contributed by atoms with Crippen LogP contribution in [0.3, 0.4) is 0 Å². The number of carbonyl (C=O) groups is 1. The normalized spacial score (nSPS) is 23.2. The first kappa shape index (κ1) is 53.3. The molecule has 13 nitrogen and oxygen atoms in total. The molecule has 15 heteroatoms. The van der Waals surface area contributed by atoms with E-state index in [4.69, 9.17) is 9.84 Å². The molecule has 2 aromatic rings. The lowest BCUT2D eigenvalue weighted by atomic mass is 9.67. The molecule has 3 aliphatic rings. The minimum Gasteiger partial charge on any atom is -0.508 e. The largest absolute Gasteiger partial charge is 0.508 e. The van der Waals surface area contributed by atoms with Gasteiger partial charge in [-0.05, 0) is 155 Å². The quantitative estimate of drug-likeness (QED) is 0.0424. The number of fused-ring (bicyclic) bond motifs is 2. The van der Waals surface area contributed by atoms with Crippen LogP contribution in [0.25, 0.3) is 0 Å². The summed E-state index contributed by atoms with van der Waals surface area (Å²) < 4.78 is 76.7. The van der Waals surface area contributed by atoms with Crippen LogP contribution in [0, 0.1) is 10.8 Å². The third-order valence-corrected chi connectivity index (χ3v) is 16.2. The smallest absolute Gasteiger partial charge is 0.303 e. The average molecular weight is 964 g/mol. The highest BCUT2D eigenvalue weighted by Gasteiger charge is 2.53. The third kappa shape index (κ3) is 11.8. The highest BCUT2D eigenvalue weighted by atomic mass is 32.2. The lowest BCUT2D eigenvalue weighted by molar-refractivity contribution is -0.569. The summed E-state index contributed by atoms with van der Waals surface area (Å²) in [4.78, 5) is 26.2. The van der Waals surface area contributed by atoms with E-state index < -0.39 is 48.2 Å². The molecule has 5 rings (SSSR count). The van der Waals surface area contributed by atoms with E-state index in [9.17, 15) is 40.7 Å². The summed E-state index contributed by atoms with van der Waals surface area (Å²) in [6, 6.07) is 9.25. The number of aliphatic hydroxyl groups excluding tert-OH is 1. The summed E-state index contributed by atoms with van der Waals surface area (Å²) in [5, 5.41) is 19.8. The van der Waals surface area contributed by atoms with Gasteiger partial charge in [-0.3, -0.25) is 13.9 Å². The number of allylic oxidation sites excluding steroid dienone is 9. The maximum Gasteiger partial charge on any atom is 0.303 e. The predicted octanol–water partition coefficient (Wildman–Crippen LogP) is 11.1. The van der Waals surface area contributed by atoms with Crippen molar-refractivity contribution >= 4 is 31.9 Å². The Hall–Kier alpha value is -4.67. The molecule has 0 aromatic heterocycles. The summed E-state index contributed by atoms with van der Waals surface area (Å²) in [5.74, 6) is -0.464. The number of ether oxygens (including phenoxy) is 1. The Morgan fingerprint density at radius 3 is 2.21 bits per heavy atom. The first-order chi connectivity index (χ1) is 31.1.